The highest BCUT2D eigenvalue weighted by atomic mass is 15.2. The Hall–Kier alpha value is -11.8. The fourth-order valence-corrected chi connectivity index (χ4v) is 24.4. The summed E-state index contributed by atoms with van der Waals surface area (Å²) in [7, 11) is 0. The molecule has 1 saturated carbocycles. The molecule has 5 nitrogen and oxygen atoms in total. The Balaban J connectivity index is 0.560. The SMILES string of the molecule is CC1(C)CCC(C)(C)C2=C1C=C1C(C2)C2=C(CC3C=CC=CC3=C2)N1c1cccc(C2=C3CC3C(C3C=C4C(=CC3)c3cc(CC5(C)CCC(C)(C)c6cc7c8c(n(-c9ccc(-c%10nc(-c%11ccccc%11)cc(-c%11ccc(C%12=Cc%13ccccc%13CC%12)cc%11)n%10)cc9)c7cc65)-c5ccccc5CC8)ccc3C4(C)C)=c3ccc4c(c3=N2)C=CCC4)c1. The van der Waals surface area contributed by atoms with Gasteiger partial charge in [0.1, 0.15) is 0 Å². The molecule has 0 saturated heterocycles. The van der Waals surface area contributed by atoms with Crippen LogP contribution in [-0.4, -0.2) is 14.5 Å². The molecule has 0 bridgehead atoms. The molecule has 121 heavy (non-hydrogen) atoms. The summed E-state index contributed by atoms with van der Waals surface area (Å²) in [5, 5.41) is 3.93. The van der Waals surface area contributed by atoms with Crippen LogP contribution in [0.4, 0.5) is 5.69 Å². The Bertz CT molecular complexity index is 6920. The van der Waals surface area contributed by atoms with Crippen LogP contribution in [0.25, 0.3) is 96.3 Å². The molecule has 13 aliphatic rings. The van der Waals surface area contributed by atoms with Crippen molar-refractivity contribution < 1.29 is 0 Å². The summed E-state index contributed by atoms with van der Waals surface area (Å²) in [5.41, 5.74) is 47.4. The Morgan fingerprint density at radius 1 is 0.521 bits per heavy atom. The number of hydrogen-bond donors (Lipinski definition) is 0. The van der Waals surface area contributed by atoms with Crippen molar-refractivity contribution in [3.05, 3.63) is 383 Å². The van der Waals surface area contributed by atoms with E-state index in [1.165, 1.54) is 174 Å². The van der Waals surface area contributed by atoms with Gasteiger partial charge in [0, 0.05) is 95.8 Å². The van der Waals surface area contributed by atoms with Crippen LogP contribution in [0.15, 0.2) is 305 Å². The zero-order chi connectivity index (χ0) is 81.3. The van der Waals surface area contributed by atoms with Crippen molar-refractivity contribution in [1.82, 2.24) is 14.5 Å². The molecule has 0 spiro atoms. The lowest BCUT2D eigenvalue weighted by Crippen LogP contribution is -2.37. The van der Waals surface area contributed by atoms with Crippen molar-refractivity contribution in [2.24, 2.45) is 39.5 Å². The smallest absolute Gasteiger partial charge is 0.160 e. The first kappa shape index (κ1) is 73.2. The van der Waals surface area contributed by atoms with Crippen molar-refractivity contribution >= 4 is 51.2 Å². The summed E-state index contributed by atoms with van der Waals surface area (Å²) in [4.78, 5) is 19.6. The molecule has 9 aromatic carbocycles. The van der Waals surface area contributed by atoms with E-state index in [9.17, 15) is 0 Å². The van der Waals surface area contributed by atoms with Crippen molar-refractivity contribution in [2.45, 2.75) is 175 Å². The summed E-state index contributed by atoms with van der Waals surface area (Å²) in [6.07, 6.45) is 43.2. The Morgan fingerprint density at radius 3 is 2.13 bits per heavy atom. The molecule has 5 unspecified atom stereocenters. The Kier molecular flexibility index (Phi) is 16.2. The molecular formula is C116H105N5. The van der Waals surface area contributed by atoms with Crippen LogP contribution in [0.5, 0.6) is 0 Å². The number of nitrogens with zero attached hydrogens (tertiary/aromatic N) is 5. The minimum Gasteiger partial charge on any atom is -0.317 e. The molecule has 0 N–H and O–H groups in total. The van der Waals surface area contributed by atoms with E-state index in [2.05, 4.69) is 339 Å². The monoisotopic (exact) mass is 1570 g/mol. The standard InChI is InChI=1S/C116H105N5/c1-112(2)52-53-113(3,4)100-65-105-93(64-98(100)112)91-59-78-28-15-16-29-79(78)61-104(91)120(105)84-31-21-30-82(58-84)108-95-62-94(95)107(89-50-44-72-23-17-19-32-85(72)109(89)119-108)81-45-48-87-90-56-69(34-51-96(90)115(7,8)97(87)60-81)68-116(9)55-54-114(5,6)99-63-92-88-49-43-73-24-18-20-33-86(73)110(88)121(106(92)66-101(99)116)83-46-41-76(42-47-83)111-117-102(74-25-11-10-12-26-74)67-103(118-111)75-38-35-71(36-39-75)80-40-37-70-22-13-14-27-77(70)57-80/h10-16,18-22,24-36,38-39,41-42,44,46-48,50-51,56-60,63,65-67,79,81,93-94H,17,23,37,40,43,45,49,52-55,61-62,64,68H2,1-9H3. The van der Waals surface area contributed by atoms with E-state index in [0.29, 0.717) is 17.8 Å². The van der Waals surface area contributed by atoms with Crippen LogP contribution >= 0.6 is 0 Å². The van der Waals surface area contributed by atoms with Crippen LogP contribution in [0.3, 0.4) is 0 Å². The first-order chi connectivity index (χ1) is 58.7. The summed E-state index contributed by atoms with van der Waals surface area (Å²) >= 11 is 0. The molecule has 24 rings (SSSR count). The second kappa shape index (κ2) is 26.9. The molecule has 5 atom stereocenters. The number of allylic oxidation sites excluding steroid dienone is 18. The number of benzene rings is 9. The third-order valence-electron chi connectivity index (χ3n) is 31.4. The van der Waals surface area contributed by atoms with Gasteiger partial charge in [-0.2, -0.15) is 0 Å². The molecule has 2 aliphatic heterocycles. The molecule has 4 heterocycles. The topological polar surface area (TPSA) is 46.3 Å². The molecule has 1 fully saturated rings. The second-order valence-electron chi connectivity index (χ2n) is 40.4. The Labute approximate surface area is 713 Å². The number of aryl methyl sites for hydroxylation is 4. The van der Waals surface area contributed by atoms with Gasteiger partial charge in [-0.1, -0.05) is 274 Å². The lowest BCUT2D eigenvalue weighted by molar-refractivity contribution is 0.253. The van der Waals surface area contributed by atoms with Crippen molar-refractivity contribution in [3.8, 4) is 50.8 Å². The fraction of sp³-hybridized carbons (Fsp3) is 0.284. The molecule has 5 heteroatoms. The molecule has 594 valence electrons. The number of hydrogen-bond acceptors (Lipinski definition) is 4. The summed E-state index contributed by atoms with van der Waals surface area (Å²) in [6.45, 7) is 22.7. The number of fused-ring (bicyclic) bond motifs is 17. The lowest BCUT2D eigenvalue weighted by Gasteiger charge is -2.46. The number of anilines is 1. The first-order valence-electron chi connectivity index (χ1n) is 45.4. The van der Waals surface area contributed by atoms with Crippen LogP contribution < -0.4 is 15.5 Å². The van der Waals surface area contributed by atoms with Gasteiger partial charge >= 0.3 is 0 Å². The number of aromatic nitrogens is 3. The van der Waals surface area contributed by atoms with E-state index >= 15 is 0 Å². The van der Waals surface area contributed by atoms with Gasteiger partial charge in [-0.15, -0.1) is 0 Å². The summed E-state index contributed by atoms with van der Waals surface area (Å²) in [5.74, 6) is 2.02. The van der Waals surface area contributed by atoms with Gasteiger partial charge in [0.05, 0.1) is 33.7 Å². The van der Waals surface area contributed by atoms with E-state index < -0.39 is 0 Å². The van der Waals surface area contributed by atoms with E-state index in [1.54, 1.807) is 16.7 Å². The van der Waals surface area contributed by atoms with Gasteiger partial charge in [-0.05, 0) is 284 Å². The molecule has 0 amide bonds. The molecule has 2 aromatic heterocycles. The van der Waals surface area contributed by atoms with Gasteiger partial charge in [0.15, 0.2) is 5.82 Å². The first-order valence-corrected chi connectivity index (χ1v) is 45.4. The van der Waals surface area contributed by atoms with E-state index in [1.807, 2.05) is 0 Å². The average molecular weight is 1570 g/mol. The highest BCUT2D eigenvalue weighted by molar-refractivity contribution is 5.98. The summed E-state index contributed by atoms with van der Waals surface area (Å²) in [6, 6.07) is 76.7. The van der Waals surface area contributed by atoms with Gasteiger partial charge in [-0.25, -0.2) is 15.0 Å². The Morgan fingerprint density at radius 2 is 1.28 bits per heavy atom. The summed E-state index contributed by atoms with van der Waals surface area (Å²) < 4.78 is 2.63. The van der Waals surface area contributed by atoms with E-state index in [0.717, 1.165) is 123 Å². The van der Waals surface area contributed by atoms with Crippen molar-refractivity contribution in [2.75, 3.05) is 4.90 Å². The zero-order valence-electron chi connectivity index (χ0n) is 71.6. The quantitative estimate of drug-likeness (QED) is 0.137. The predicted molar refractivity (Wildman–Crippen MR) is 501 cm³/mol. The highest BCUT2D eigenvalue weighted by Gasteiger charge is 2.50. The van der Waals surface area contributed by atoms with Crippen LogP contribution in [-0.2, 0) is 48.3 Å². The molecule has 11 aliphatic carbocycles. The minimum atomic E-state index is -0.170. The molecule has 11 aromatic rings. The van der Waals surface area contributed by atoms with E-state index in [4.69, 9.17) is 15.0 Å². The van der Waals surface area contributed by atoms with Crippen LogP contribution in [0.1, 0.15) is 199 Å². The third kappa shape index (κ3) is 11.6. The highest BCUT2D eigenvalue weighted by Crippen LogP contribution is 2.62. The minimum absolute atomic E-state index is 0.0000236. The zero-order valence-corrected chi connectivity index (χ0v) is 71.6. The van der Waals surface area contributed by atoms with Crippen molar-refractivity contribution in [3.63, 3.8) is 0 Å². The maximum absolute atomic E-state index is 6.06. The maximum Gasteiger partial charge on any atom is 0.160 e. The van der Waals surface area contributed by atoms with Crippen LogP contribution in [0, 0.1) is 34.5 Å². The molecule has 0 radical (unpaired) electrons. The normalized spacial score (nSPS) is 23.4. The largest absolute Gasteiger partial charge is 0.317 e. The maximum atomic E-state index is 6.06. The van der Waals surface area contributed by atoms with Crippen LogP contribution in [0.2, 0.25) is 0 Å². The third-order valence-corrected chi connectivity index (χ3v) is 31.4. The van der Waals surface area contributed by atoms with Gasteiger partial charge in [0.2, 0.25) is 0 Å². The van der Waals surface area contributed by atoms with Gasteiger partial charge < -0.3 is 9.47 Å². The lowest BCUT2D eigenvalue weighted by atomic mass is 9.59. The molecular weight excluding hydrogens is 1460 g/mol. The fourth-order valence-electron chi connectivity index (χ4n) is 24.4. The average Bonchev–Trinajstić information content (AvgIpc) is 1.64. The van der Waals surface area contributed by atoms with Gasteiger partial charge in [-0.3, -0.25) is 0 Å². The van der Waals surface area contributed by atoms with Gasteiger partial charge in [0.25, 0.3) is 0 Å². The second-order valence-corrected chi connectivity index (χ2v) is 40.4. The predicted octanol–water partition coefficient (Wildman–Crippen LogP) is 26.9. The van der Waals surface area contributed by atoms with E-state index in [-0.39, 0.29) is 33.0 Å². The number of rotatable bonds is 10. The van der Waals surface area contributed by atoms with Crippen molar-refractivity contribution in [1.29, 1.82) is 0 Å².